The number of nitrogens with two attached hydrogens (primary N) is 1. The molecule has 4 rings (SSSR count). The van der Waals surface area contributed by atoms with Crippen LogP contribution in [0.1, 0.15) is 29.4 Å². The average molecular weight is 486 g/mol. The lowest BCUT2D eigenvalue weighted by molar-refractivity contribution is 0.0315. The molecule has 2 aromatic rings. The molecule has 1 amide bonds. The van der Waals surface area contributed by atoms with Crippen LogP contribution in [0.3, 0.4) is 0 Å². The van der Waals surface area contributed by atoms with Crippen LogP contribution in [0.5, 0.6) is 0 Å². The van der Waals surface area contributed by atoms with Gasteiger partial charge in [0.2, 0.25) is 0 Å². The number of aryl methyl sites for hydroxylation is 1. The number of aromatic nitrogens is 1. The predicted molar refractivity (Wildman–Crippen MR) is 137 cm³/mol. The standard InChI is InChI=1S/C25H35N5O3S/c1-18-29(12-13-30(18)17-33-25(32)28(11-10-26)14-15-34-3)16-19-8-9-22-23(24(19)31)20-6-4-5-7-21(20)27(22)2/h4-7,12-13,18-19H,8-11,14-17,26H2,1-3H3. The fourth-order valence-electron chi connectivity index (χ4n) is 4.94. The number of benzene rings is 1. The van der Waals surface area contributed by atoms with E-state index >= 15 is 0 Å². The van der Waals surface area contributed by atoms with Crippen molar-refractivity contribution >= 4 is 34.5 Å². The van der Waals surface area contributed by atoms with Gasteiger partial charge in [0.05, 0.1) is 0 Å². The number of ether oxygens (including phenoxy) is 1. The second-order valence-corrected chi connectivity index (χ2v) is 9.93. The molecule has 2 atom stereocenters. The fraction of sp³-hybridized carbons (Fsp3) is 0.520. The van der Waals surface area contributed by atoms with Gasteiger partial charge in [0, 0.05) is 79.5 Å². The van der Waals surface area contributed by atoms with E-state index in [2.05, 4.69) is 35.6 Å². The molecular formula is C25H35N5O3S. The number of carbonyl (C=O) groups is 2. The summed E-state index contributed by atoms with van der Waals surface area (Å²) in [5.41, 5.74) is 8.79. The number of hydrogen-bond donors (Lipinski definition) is 1. The molecule has 2 N–H and O–H groups in total. The van der Waals surface area contributed by atoms with Crippen molar-refractivity contribution in [2.45, 2.75) is 25.9 Å². The second kappa shape index (κ2) is 10.7. The second-order valence-electron chi connectivity index (χ2n) is 8.95. The molecule has 2 heterocycles. The number of rotatable bonds is 9. The Balaban J connectivity index is 1.36. The van der Waals surface area contributed by atoms with Crippen LogP contribution in [0.2, 0.25) is 0 Å². The van der Waals surface area contributed by atoms with E-state index in [4.69, 9.17) is 10.5 Å². The smallest absolute Gasteiger partial charge is 0.411 e. The highest BCUT2D eigenvalue weighted by atomic mass is 32.2. The van der Waals surface area contributed by atoms with Crippen LogP contribution in [-0.4, -0.2) is 82.2 Å². The number of para-hydroxylation sites is 1. The van der Waals surface area contributed by atoms with Gasteiger partial charge in [0.25, 0.3) is 0 Å². The molecule has 1 aliphatic carbocycles. The summed E-state index contributed by atoms with van der Waals surface area (Å²) in [5.74, 6) is 1.02. The largest absolute Gasteiger partial charge is 0.428 e. The monoisotopic (exact) mass is 485 g/mol. The third kappa shape index (κ3) is 4.77. The first-order valence-electron chi connectivity index (χ1n) is 11.9. The first-order valence-corrected chi connectivity index (χ1v) is 13.3. The van der Waals surface area contributed by atoms with Gasteiger partial charge in [0.1, 0.15) is 6.17 Å². The third-order valence-electron chi connectivity index (χ3n) is 6.98. The molecule has 0 spiro atoms. The van der Waals surface area contributed by atoms with Crippen molar-refractivity contribution in [2.24, 2.45) is 18.7 Å². The Bertz CT molecular complexity index is 1070. The Morgan fingerprint density at radius 2 is 2.00 bits per heavy atom. The van der Waals surface area contributed by atoms with Crippen molar-refractivity contribution in [3.63, 3.8) is 0 Å². The van der Waals surface area contributed by atoms with Gasteiger partial charge in [-0.1, -0.05) is 18.2 Å². The van der Waals surface area contributed by atoms with Crippen molar-refractivity contribution in [3.8, 4) is 0 Å². The summed E-state index contributed by atoms with van der Waals surface area (Å²) < 4.78 is 7.73. The van der Waals surface area contributed by atoms with Gasteiger partial charge >= 0.3 is 6.09 Å². The zero-order valence-corrected chi connectivity index (χ0v) is 21.1. The summed E-state index contributed by atoms with van der Waals surface area (Å²) in [5, 5.41) is 1.05. The molecule has 2 unspecified atom stereocenters. The van der Waals surface area contributed by atoms with Gasteiger partial charge in [0.15, 0.2) is 12.5 Å². The van der Waals surface area contributed by atoms with Crippen LogP contribution < -0.4 is 5.73 Å². The normalized spacial score (nSPS) is 19.7. The minimum Gasteiger partial charge on any atom is -0.428 e. The average Bonchev–Trinajstić information content (AvgIpc) is 3.34. The summed E-state index contributed by atoms with van der Waals surface area (Å²) in [7, 11) is 2.05. The van der Waals surface area contributed by atoms with Crippen LogP contribution in [0.4, 0.5) is 4.79 Å². The van der Waals surface area contributed by atoms with Crippen LogP contribution in [0.15, 0.2) is 36.7 Å². The number of carbonyl (C=O) groups excluding carboxylic acids is 2. The highest BCUT2D eigenvalue weighted by Gasteiger charge is 2.35. The van der Waals surface area contributed by atoms with Gasteiger partial charge in [-0.05, 0) is 32.1 Å². The van der Waals surface area contributed by atoms with Crippen LogP contribution >= 0.6 is 11.8 Å². The van der Waals surface area contributed by atoms with E-state index in [0.717, 1.165) is 40.8 Å². The zero-order chi connectivity index (χ0) is 24.2. The molecule has 34 heavy (non-hydrogen) atoms. The van der Waals surface area contributed by atoms with E-state index in [1.807, 2.05) is 35.7 Å². The van der Waals surface area contributed by atoms with Gasteiger partial charge in [-0.3, -0.25) is 4.79 Å². The SMILES string of the molecule is CSCCN(CCN)C(=O)OCN1C=CN(CC2CCc3c(c4ccccc4n3C)C2=O)C1C. The van der Waals surface area contributed by atoms with Crippen LogP contribution in [-0.2, 0) is 18.2 Å². The van der Waals surface area contributed by atoms with Crippen molar-refractivity contribution in [3.05, 3.63) is 47.9 Å². The van der Waals surface area contributed by atoms with Crippen molar-refractivity contribution in [2.75, 3.05) is 44.9 Å². The fourth-order valence-corrected chi connectivity index (χ4v) is 5.34. The van der Waals surface area contributed by atoms with Crippen molar-refractivity contribution < 1.29 is 14.3 Å². The highest BCUT2D eigenvalue weighted by molar-refractivity contribution is 7.98. The number of ketones is 1. The first-order chi connectivity index (χ1) is 16.5. The summed E-state index contributed by atoms with van der Waals surface area (Å²) in [6, 6.07) is 8.15. The molecule has 1 aromatic heterocycles. The topological polar surface area (TPSA) is 84.0 Å². The van der Waals surface area contributed by atoms with Crippen molar-refractivity contribution in [1.82, 2.24) is 19.3 Å². The van der Waals surface area contributed by atoms with Gasteiger partial charge < -0.3 is 29.7 Å². The zero-order valence-electron chi connectivity index (χ0n) is 20.3. The number of hydrogen-bond acceptors (Lipinski definition) is 7. The lowest BCUT2D eigenvalue weighted by Gasteiger charge is -2.33. The lowest BCUT2D eigenvalue weighted by atomic mass is 9.84. The molecule has 0 saturated heterocycles. The molecule has 0 fully saturated rings. The third-order valence-corrected chi connectivity index (χ3v) is 7.57. The number of fused-ring (bicyclic) bond motifs is 3. The Kier molecular flexibility index (Phi) is 7.73. The van der Waals surface area contributed by atoms with E-state index in [1.165, 1.54) is 0 Å². The molecule has 1 aliphatic heterocycles. The molecule has 0 radical (unpaired) electrons. The summed E-state index contributed by atoms with van der Waals surface area (Å²) >= 11 is 1.68. The molecule has 0 bridgehead atoms. The van der Waals surface area contributed by atoms with Gasteiger partial charge in [-0.15, -0.1) is 0 Å². The number of thioether (sulfide) groups is 1. The van der Waals surface area contributed by atoms with E-state index < -0.39 is 0 Å². The highest BCUT2D eigenvalue weighted by Crippen LogP contribution is 2.34. The van der Waals surface area contributed by atoms with Crippen LogP contribution in [0.25, 0.3) is 10.9 Å². The van der Waals surface area contributed by atoms with Crippen LogP contribution in [0, 0.1) is 5.92 Å². The molecular weight excluding hydrogens is 450 g/mol. The van der Waals surface area contributed by atoms with Crippen molar-refractivity contribution in [1.29, 1.82) is 0 Å². The van der Waals surface area contributed by atoms with Gasteiger partial charge in [-0.2, -0.15) is 11.8 Å². The summed E-state index contributed by atoms with van der Waals surface area (Å²) in [6.07, 6.45) is 7.34. The summed E-state index contributed by atoms with van der Waals surface area (Å²) in [4.78, 5) is 31.8. The Morgan fingerprint density at radius 3 is 2.76 bits per heavy atom. The van der Waals surface area contributed by atoms with E-state index in [-0.39, 0.29) is 30.7 Å². The maximum Gasteiger partial charge on any atom is 0.411 e. The molecule has 0 saturated carbocycles. The van der Waals surface area contributed by atoms with E-state index in [1.54, 1.807) is 16.7 Å². The molecule has 8 nitrogen and oxygen atoms in total. The number of amides is 1. The lowest BCUT2D eigenvalue weighted by Crippen LogP contribution is -2.43. The predicted octanol–water partition coefficient (Wildman–Crippen LogP) is 3.08. The minimum atomic E-state index is -0.343. The molecule has 2 aliphatic rings. The van der Waals surface area contributed by atoms with E-state index in [9.17, 15) is 9.59 Å². The quantitative estimate of drug-likeness (QED) is 0.584. The van der Waals surface area contributed by atoms with E-state index in [0.29, 0.717) is 26.2 Å². The minimum absolute atomic E-state index is 0.00340. The Morgan fingerprint density at radius 1 is 1.24 bits per heavy atom. The Labute approximate surface area is 205 Å². The number of Topliss-reactive ketones (excluding diaryl/α,β-unsaturated/α-hetero) is 1. The molecule has 184 valence electrons. The maximum atomic E-state index is 13.5. The maximum absolute atomic E-state index is 13.5. The number of nitrogens with zero attached hydrogens (tertiary/aromatic N) is 4. The summed E-state index contributed by atoms with van der Waals surface area (Å²) in [6.45, 7) is 4.39. The molecule has 1 aromatic carbocycles. The Hall–Kier alpha value is -2.65. The van der Waals surface area contributed by atoms with Gasteiger partial charge in [-0.25, -0.2) is 4.79 Å². The first kappa shape index (κ1) is 24.5. The molecule has 9 heteroatoms.